The average Bonchev–Trinajstić information content (AvgIpc) is 2.99. The molecule has 0 bridgehead atoms. The molecule has 0 radical (unpaired) electrons. The summed E-state index contributed by atoms with van der Waals surface area (Å²) in [6.45, 7) is 5.36. The third-order valence-electron chi connectivity index (χ3n) is 4.90. The van der Waals surface area contributed by atoms with Crippen LogP contribution in [0.2, 0.25) is 0 Å². The first-order valence-corrected chi connectivity index (χ1v) is 8.94. The number of likely N-dealkylation sites (tertiary alicyclic amines) is 1. The van der Waals surface area contributed by atoms with E-state index < -0.39 is 41.5 Å². The molecule has 2 aliphatic rings. The molecule has 2 fully saturated rings. The topological polar surface area (TPSA) is 106 Å². The number of ether oxygens (including phenoxy) is 3. The first-order chi connectivity index (χ1) is 12.7. The van der Waals surface area contributed by atoms with Crippen molar-refractivity contribution < 1.29 is 34.0 Å². The number of amides is 1. The molecule has 0 saturated carbocycles. The molecule has 4 atom stereocenters. The summed E-state index contributed by atoms with van der Waals surface area (Å²) in [7, 11) is 0. The van der Waals surface area contributed by atoms with Crippen molar-refractivity contribution in [2.45, 2.75) is 57.0 Å². The number of rotatable bonds is 6. The van der Waals surface area contributed by atoms with E-state index in [1.54, 1.807) is 20.8 Å². The van der Waals surface area contributed by atoms with Gasteiger partial charge < -0.3 is 29.3 Å². The molecule has 0 aromatic heterocycles. The lowest BCUT2D eigenvalue weighted by atomic mass is 9.74. The van der Waals surface area contributed by atoms with Crippen molar-refractivity contribution in [3.05, 3.63) is 35.9 Å². The smallest absolute Gasteiger partial charge is 0.338 e. The summed E-state index contributed by atoms with van der Waals surface area (Å²) in [5.41, 5.74) is -1.48. The Morgan fingerprint density at radius 1 is 1.37 bits per heavy atom. The molecular formula is C19H25NO7. The lowest BCUT2D eigenvalue weighted by Crippen LogP contribution is -2.82. The van der Waals surface area contributed by atoms with Crippen LogP contribution in [0.5, 0.6) is 0 Å². The minimum absolute atomic E-state index is 0.0225. The van der Waals surface area contributed by atoms with Crippen LogP contribution in [-0.4, -0.2) is 69.8 Å². The van der Waals surface area contributed by atoms with Gasteiger partial charge in [0.05, 0.1) is 13.2 Å². The predicted octanol–water partition coefficient (Wildman–Crippen LogP) is 0.204. The lowest BCUT2D eigenvalue weighted by Gasteiger charge is -2.55. The van der Waals surface area contributed by atoms with Gasteiger partial charge in [0.25, 0.3) is 5.91 Å². The zero-order chi connectivity index (χ0) is 19.8. The zero-order valence-corrected chi connectivity index (χ0v) is 15.6. The van der Waals surface area contributed by atoms with E-state index in [2.05, 4.69) is 0 Å². The van der Waals surface area contributed by atoms with Crippen molar-refractivity contribution in [3.8, 4) is 0 Å². The highest BCUT2D eigenvalue weighted by Crippen LogP contribution is 2.42. The number of hydrogen-bond acceptors (Lipinski definition) is 7. The van der Waals surface area contributed by atoms with E-state index in [0.717, 1.165) is 5.56 Å². The maximum absolute atomic E-state index is 12.8. The summed E-state index contributed by atoms with van der Waals surface area (Å²) in [5, 5.41) is 21.4. The SMILES string of the molecule is CCOC(=O)[C@@H](O)[C@]1(O)C(=O)N(Cc2ccccc2)[C@H]1C1COC(C)(C)O1. The second kappa shape index (κ2) is 7.20. The zero-order valence-electron chi connectivity index (χ0n) is 15.6. The molecule has 0 spiro atoms. The highest BCUT2D eigenvalue weighted by atomic mass is 16.7. The molecule has 8 heteroatoms. The fraction of sp³-hybridized carbons (Fsp3) is 0.579. The van der Waals surface area contributed by atoms with E-state index in [4.69, 9.17) is 14.2 Å². The largest absolute Gasteiger partial charge is 0.464 e. The minimum atomic E-state index is -2.32. The molecule has 2 saturated heterocycles. The molecule has 3 rings (SSSR count). The maximum Gasteiger partial charge on any atom is 0.338 e. The Morgan fingerprint density at radius 3 is 2.59 bits per heavy atom. The fourth-order valence-corrected chi connectivity index (χ4v) is 3.64. The average molecular weight is 379 g/mol. The molecular weight excluding hydrogens is 354 g/mol. The second-order valence-electron chi connectivity index (χ2n) is 7.21. The molecule has 2 heterocycles. The van der Waals surface area contributed by atoms with E-state index in [0.29, 0.717) is 0 Å². The van der Waals surface area contributed by atoms with Gasteiger partial charge in [0.2, 0.25) is 5.60 Å². The summed E-state index contributed by atoms with van der Waals surface area (Å²) >= 11 is 0. The molecule has 0 aliphatic carbocycles. The number of carbonyl (C=O) groups is 2. The Bertz CT molecular complexity index is 707. The van der Waals surface area contributed by atoms with Crippen LogP contribution in [0, 0.1) is 0 Å². The van der Waals surface area contributed by atoms with Crippen molar-refractivity contribution in [2.75, 3.05) is 13.2 Å². The summed E-state index contributed by atoms with van der Waals surface area (Å²) in [5.74, 6) is -2.68. The monoisotopic (exact) mass is 379 g/mol. The van der Waals surface area contributed by atoms with E-state index in [9.17, 15) is 19.8 Å². The predicted molar refractivity (Wildman–Crippen MR) is 93.3 cm³/mol. The maximum atomic E-state index is 12.8. The normalized spacial score (nSPS) is 30.7. The van der Waals surface area contributed by atoms with Crippen molar-refractivity contribution in [1.29, 1.82) is 0 Å². The van der Waals surface area contributed by atoms with Gasteiger partial charge in [-0.05, 0) is 26.3 Å². The number of β-lactam (4-membered cyclic amide) rings is 1. The van der Waals surface area contributed by atoms with E-state index in [-0.39, 0.29) is 19.8 Å². The summed E-state index contributed by atoms with van der Waals surface area (Å²) in [6.07, 6.45) is -2.70. The van der Waals surface area contributed by atoms with Gasteiger partial charge in [-0.1, -0.05) is 30.3 Å². The molecule has 2 aliphatic heterocycles. The number of carbonyl (C=O) groups excluding carboxylic acids is 2. The quantitative estimate of drug-likeness (QED) is 0.537. The Kier molecular flexibility index (Phi) is 5.27. The summed E-state index contributed by atoms with van der Waals surface area (Å²) < 4.78 is 16.2. The Morgan fingerprint density at radius 2 is 2.04 bits per heavy atom. The third kappa shape index (κ3) is 3.45. The van der Waals surface area contributed by atoms with Crippen molar-refractivity contribution in [3.63, 3.8) is 0 Å². The Balaban J connectivity index is 1.88. The Hall–Kier alpha value is -2.00. The van der Waals surface area contributed by atoms with Crippen molar-refractivity contribution in [1.82, 2.24) is 4.90 Å². The van der Waals surface area contributed by atoms with Crippen LogP contribution in [0.25, 0.3) is 0 Å². The van der Waals surface area contributed by atoms with Gasteiger partial charge in [0, 0.05) is 6.54 Å². The Labute approximate surface area is 157 Å². The van der Waals surface area contributed by atoms with Crippen LogP contribution in [-0.2, 0) is 30.3 Å². The van der Waals surface area contributed by atoms with Gasteiger partial charge in [-0.2, -0.15) is 0 Å². The van der Waals surface area contributed by atoms with Gasteiger partial charge >= 0.3 is 5.97 Å². The molecule has 2 N–H and O–H groups in total. The molecule has 1 amide bonds. The van der Waals surface area contributed by atoms with E-state index in [1.165, 1.54) is 4.90 Å². The van der Waals surface area contributed by atoms with Crippen LogP contribution in [0.1, 0.15) is 26.3 Å². The number of nitrogens with zero attached hydrogens (tertiary/aromatic N) is 1. The first-order valence-electron chi connectivity index (χ1n) is 8.94. The highest BCUT2D eigenvalue weighted by Gasteiger charge is 2.69. The van der Waals surface area contributed by atoms with Crippen LogP contribution in [0.3, 0.4) is 0 Å². The fourth-order valence-electron chi connectivity index (χ4n) is 3.64. The molecule has 1 aromatic rings. The highest BCUT2D eigenvalue weighted by molar-refractivity contribution is 5.98. The van der Waals surface area contributed by atoms with E-state index in [1.807, 2.05) is 30.3 Å². The van der Waals surface area contributed by atoms with Gasteiger partial charge in [-0.15, -0.1) is 0 Å². The molecule has 1 aromatic carbocycles. The van der Waals surface area contributed by atoms with Gasteiger partial charge in [0.15, 0.2) is 11.9 Å². The van der Waals surface area contributed by atoms with Crippen LogP contribution in [0.4, 0.5) is 0 Å². The molecule has 27 heavy (non-hydrogen) atoms. The van der Waals surface area contributed by atoms with Gasteiger partial charge in [0.1, 0.15) is 12.1 Å². The molecule has 1 unspecified atom stereocenters. The van der Waals surface area contributed by atoms with Crippen LogP contribution in [0.15, 0.2) is 30.3 Å². The standard InChI is InChI=1S/C19H25NO7/c1-4-25-16(22)15(21)19(24)14(13-11-26-18(2,3)27-13)20(17(19)23)10-12-8-6-5-7-9-12/h5-9,13-15,21,24H,4,10-11H2,1-3H3/t13?,14-,15+,19-/m0/s1. The van der Waals surface area contributed by atoms with Crippen molar-refractivity contribution in [2.24, 2.45) is 0 Å². The van der Waals surface area contributed by atoms with Crippen molar-refractivity contribution >= 4 is 11.9 Å². The van der Waals surface area contributed by atoms with Crippen LogP contribution >= 0.6 is 0 Å². The van der Waals surface area contributed by atoms with Gasteiger partial charge in [-0.3, -0.25) is 4.79 Å². The number of aliphatic hydroxyl groups is 2. The number of aliphatic hydroxyl groups excluding tert-OH is 1. The van der Waals surface area contributed by atoms with Crippen LogP contribution < -0.4 is 0 Å². The van der Waals surface area contributed by atoms with E-state index >= 15 is 0 Å². The third-order valence-corrected chi connectivity index (χ3v) is 4.90. The van der Waals surface area contributed by atoms with Gasteiger partial charge in [-0.25, -0.2) is 4.79 Å². The number of esters is 1. The molecule has 8 nitrogen and oxygen atoms in total. The second-order valence-corrected chi connectivity index (χ2v) is 7.21. The lowest BCUT2D eigenvalue weighted by molar-refractivity contribution is -0.240. The summed E-state index contributed by atoms with van der Waals surface area (Å²) in [4.78, 5) is 26.2. The first kappa shape index (κ1) is 19.8. The molecule has 148 valence electrons. The number of hydrogen-bond donors (Lipinski definition) is 2. The number of benzene rings is 1. The summed E-state index contributed by atoms with van der Waals surface area (Å²) in [6, 6.07) is 8.28. The minimum Gasteiger partial charge on any atom is -0.464 e.